The van der Waals surface area contributed by atoms with Gasteiger partial charge in [-0.15, -0.1) is 10.2 Å². The van der Waals surface area contributed by atoms with Crippen molar-refractivity contribution in [2.75, 3.05) is 0 Å². The number of aliphatic hydroxyl groups excluding tert-OH is 1. The minimum Gasteiger partial charge on any atom is -0.388 e. The molecule has 2 aromatic rings. The molecule has 0 bridgehead atoms. The summed E-state index contributed by atoms with van der Waals surface area (Å²) in [5, 5.41) is 16.0. The molecular weight excluding hydrogens is 235 g/mol. The number of aliphatic hydroxyl groups is 1. The van der Waals surface area contributed by atoms with Crippen molar-refractivity contribution in [1.82, 2.24) is 14.8 Å². The molecule has 4 nitrogen and oxygen atoms in total. The Morgan fingerprint density at radius 3 is 2.59 bits per heavy atom. The van der Waals surface area contributed by atoms with Gasteiger partial charge in [-0.2, -0.15) is 13.2 Å². The van der Waals surface area contributed by atoms with Gasteiger partial charge in [-0.3, -0.25) is 4.57 Å². The summed E-state index contributed by atoms with van der Waals surface area (Å²) in [5.41, 5.74) is -0.899. The maximum absolute atomic E-state index is 12.8. The number of nitrogens with zero attached hydrogens (tertiary/aromatic N) is 3. The van der Waals surface area contributed by atoms with E-state index in [9.17, 15) is 13.2 Å². The third-order valence-corrected chi connectivity index (χ3v) is 2.23. The highest BCUT2D eigenvalue weighted by Gasteiger charge is 2.34. The summed E-state index contributed by atoms with van der Waals surface area (Å²) in [6, 6.07) is 5.04. The van der Waals surface area contributed by atoms with Crippen LogP contribution in [-0.2, 0) is 12.8 Å². The first-order chi connectivity index (χ1) is 8.04. The third-order valence-electron chi connectivity index (χ3n) is 2.23. The molecule has 0 spiro atoms. The van der Waals surface area contributed by atoms with Crippen LogP contribution in [0.5, 0.6) is 0 Å². The molecule has 0 saturated heterocycles. The summed E-state index contributed by atoms with van der Waals surface area (Å²) in [6.07, 6.45) is -3.33. The van der Waals surface area contributed by atoms with E-state index in [1.165, 1.54) is 18.2 Å². The Kier molecular flexibility index (Phi) is 2.84. The average molecular weight is 243 g/mol. The van der Waals surface area contributed by atoms with Gasteiger partial charge in [-0.25, -0.2) is 0 Å². The maximum atomic E-state index is 12.8. The second-order valence-electron chi connectivity index (χ2n) is 3.29. The standard InChI is InChI=1S/C10H8F3N3O/c11-10(12,13)7-3-1-2-4-8(7)16-6-14-15-9(16)5-17/h1-4,6,17H,5H2. The minimum atomic E-state index is -4.46. The van der Waals surface area contributed by atoms with Gasteiger partial charge in [0.2, 0.25) is 0 Å². The summed E-state index contributed by atoms with van der Waals surface area (Å²) in [5.74, 6) is 0.0571. The van der Waals surface area contributed by atoms with Crippen molar-refractivity contribution in [1.29, 1.82) is 0 Å². The van der Waals surface area contributed by atoms with Crippen LogP contribution in [-0.4, -0.2) is 19.9 Å². The number of hydrogen-bond donors (Lipinski definition) is 1. The lowest BCUT2D eigenvalue weighted by atomic mass is 10.1. The number of rotatable bonds is 2. The molecule has 0 aliphatic rings. The first-order valence-electron chi connectivity index (χ1n) is 4.70. The molecule has 7 heteroatoms. The van der Waals surface area contributed by atoms with Crippen LogP contribution in [0.1, 0.15) is 11.4 Å². The summed E-state index contributed by atoms with van der Waals surface area (Å²) in [7, 11) is 0. The largest absolute Gasteiger partial charge is 0.418 e. The van der Waals surface area contributed by atoms with Crippen LogP contribution >= 0.6 is 0 Å². The predicted octanol–water partition coefficient (Wildman–Crippen LogP) is 1.78. The molecule has 0 unspecified atom stereocenters. The van der Waals surface area contributed by atoms with Crippen molar-refractivity contribution < 1.29 is 18.3 Å². The van der Waals surface area contributed by atoms with Gasteiger partial charge >= 0.3 is 6.18 Å². The number of para-hydroxylation sites is 1. The van der Waals surface area contributed by atoms with E-state index in [4.69, 9.17) is 5.11 Å². The van der Waals surface area contributed by atoms with Gasteiger partial charge in [0.15, 0.2) is 5.82 Å². The fraction of sp³-hybridized carbons (Fsp3) is 0.200. The van der Waals surface area contributed by atoms with Gasteiger partial charge in [0.05, 0.1) is 11.3 Å². The van der Waals surface area contributed by atoms with Crippen molar-refractivity contribution >= 4 is 0 Å². The second-order valence-corrected chi connectivity index (χ2v) is 3.29. The molecule has 90 valence electrons. The Hall–Kier alpha value is -1.89. The molecule has 0 amide bonds. The van der Waals surface area contributed by atoms with E-state index in [2.05, 4.69) is 10.2 Å². The first kappa shape index (κ1) is 11.6. The second kappa shape index (κ2) is 4.17. The lowest BCUT2D eigenvalue weighted by molar-refractivity contribution is -0.137. The highest BCUT2D eigenvalue weighted by molar-refractivity contribution is 5.43. The summed E-state index contributed by atoms with van der Waals surface area (Å²) < 4.78 is 39.4. The molecule has 0 aliphatic heterocycles. The van der Waals surface area contributed by atoms with Crippen molar-refractivity contribution in [3.05, 3.63) is 42.0 Å². The van der Waals surface area contributed by atoms with E-state index in [1.807, 2.05) is 0 Å². The zero-order valence-corrected chi connectivity index (χ0v) is 8.52. The quantitative estimate of drug-likeness (QED) is 0.874. The smallest absolute Gasteiger partial charge is 0.388 e. The van der Waals surface area contributed by atoms with E-state index in [1.54, 1.807) is 0 Å². The highest BCUT2D eigenvalue weighted by atomic mass is 19.4. The van der Waals surface area contributed by atoms with E-state index in [0.717, 1.165) is 17.0 Å². The van der Waals surface area contributed by atoms with Crippen LogP contribution in [0.3, 0.4) is 0 Å². The Labute approximate surface area is 94.3 Å². The van der Waals surface area contributed by atoms with E-state index in [-0.39, 0.29) is 11.5 Å². The Balaban J connectivity index is 2.60. The number of benzene rings is 1. The van der Waals surface area contributed by atoms with Gasteiger partial charge in [-0.05, 0) is 12.1 Å². The van der Waals surface area contributed by atoms with E-state index >= 15 is 0 Å². The van der Waals surface area contributed by atoms with Crippen molar-refractivity contribution in [2.24, 2.45) is 0 Å². The number of alkyl halides is 3. The molecule has 17 heavy (non-hydrogen) atoms. The average Bonchev–Trinajstić information content (AvgIpc) is 2.75. The zero-order chi connectivity index (χ0) is 12.5. The van der Waals surface area contributed by atoms with Crippen LogP contribution in [0.15, 0.2) is 30.6 Å². The minimum absolute atomic E-state index is 0.0571. The van der Waals surface area contributed by atoms with Crippen LogP contribution in [0.25, 0.3) is 5.69 Å². The molecule has 0 saturated carbocycles. The normalized spacial score (nSPS) is 11.8. The van der Waals surface area contributed by atoms with Crippen molar-refractivity contribution in [3.8, 4) is 5.69 Å². The monoisotopic (exact) mass is 243 g/mol. The summed E-state index contributed by atoms with van der Waals surface area (Å²) in [4.78, 5) is 0. The van der Waals surface area contributed by atoms with Crippen molar-refractivity contribution in [3.63, 3.8) is 0 Å². The van der Waals surface area contributed by atoms with Gasteiger partial charge in [0, 0.05) is 0 Å². The van der Waals surface area contributed by atoms with Crippen molar-refractivity contribution in [2.45, 2.75) is 12.8 Å². The first-order valence-corrected chi connectivity index (χ1v) is 4.70. The maximum Gasteiger partial charge on any atom is 0.418 e. The fourth-order valence-electron chi connectivity index (χ4n) is 1.49. The number of aromatic nitrogens is 3. The third kappa shape index (κ3) is 2.14. The summed E-state index contributed by atoms with van der Waals surface area (Å²) in [6.45, 7) is -0.480. The molecule has 0 aliphatic carbocycles. The lowest BCUT2D eigenvalue weighted by Gasteiger charge is -2.13. The molecule has 1 N–H and O–H groups in total. The van der Waals surface area contributed by atoms with Crippen LogP contribution in [0.2, 0.25) is 0 Å². The van der Waals surface area contributed by atoms with Gasteiger partial charge in [-0.1, -0.05) is 12.1 Å². The molecule has 0 atom stereocenters. The van der Waals surface area contributed by atoms with Gasteiger partial charge < -0.3 is 5.11 Å². The molecule has 1 aromatic carbocycles. The Bertz CT molecular complexity index is 522. The predicted molar refractivity (Wildman–Crippen MR) is 52.3 cm³/mol. The number of halogens is 3. The topological polar surface area (TPSA) is 50.9 Å². The summed E-state index contributed by atoms with van der Waals surface area (Å²) >= 11 is 0. The zero-order valence-electron chi connectivity index (χ0n) is 8.52. The van der Waals surface area contributed by atoms with Crippen LogP contribution < -0.4 is 0 Å². The van der Waals surface area contributed by atoms with Gasteiger partial charge in [0.1, 0.15) is 12.9 Å². The molecule has 2 rings (SSSR count). The molecule has 1 aromatic heterocycles. The van der Waals surface area contributed by atoms with Crippen LogP contribution in [0, 0.1) is 0 Å². The van der Waals surface area contributed by atoms with Crippen LogP contribution in [0.4, 0.5) is 13.2 Å². The molecular formula is C10H8F3N3O. The molecule has 1 heterocycles. The molecule has 0 radical (unpaired) electrons. The SMILES string of the molecule is OCc1nncn1-c1ccccc1C(F)(F)F. The van der Waals surface area contributed by atoms with E-state index in [0.29, 0.717) is 0 Å². The Morgan fingerprint density at radius 1 is 1.24 bits per heavy atom. The highest BCUT2D eigenvalue weighted by Crippen LogP contribution is 2.33. The molecule has 0 fully saturated rings. The Morgan fingerprint density at radius 2 is 1.94 bits per heavy atom. The van der Waals surface area contributed by atoms with Gasteiger partial charge in [0.25, 0.3) is 0 Å². The van der Waals surface area contributed by atoms with E-state index < -0.39 is 18.3 Å². The lowest BCUT2D eigenvalue weighted by Crippen LogP contribution is -2.11. The fourth-order valence-corrected chi connectivity index (χ4v) is 1.49. The number of hydrogen-bond acceptors (Lipinski definition) is 3.